The maximum atomic E-state index is 12.9. The molecule has 6 nitrogen and oxygen atoms in total. The minimum Gasteiger partial charge on any atom is -0.458 e. The number of aliphatic hydroxyl groups is 1. The first-order valence-electron chi connectivity index (χ1n) is 10.6. The van der Waals surface area contributed by atoms with Crippen molar-refractivity contribution in [1.82, 2.24) is 0 Å². The van der Waals surface area contributed by atoms with Gasteiger partial charge in [0.1, 0.15) is 11.2 Å². The molecule has 1 N–H and O–H groups in total. The van der Waals surface area contributed by atoms with Gasteiger partial charge in [-0.15, -0.1) is 0 Å². The molecular formula is C23H28O6. The monoisotopic (exact) mass is 400 g/mol. The second-order valence-corrected chi connectivity index (χ2v) is 9.98. The molecule has 0 aromatic carbocycles. The van der Waals surface area contributed by atoms with Crippen LogP contribution in [0, 0.1) is 22.7 Å². The second-order valence-electron chi connectivity index (χ2n) is 9.98. The Labute approximate surface area is 170 Å². The predicted molar refractivity (Wildman–Crippen MR) is 103 cm³/mol. The number of hydrogen-bond acceptors (Lipinski definition) is 6. The third-order valence-electron chi connectivity index (χ3n) is 8.95. The second kappa shape index (κ2) is 5.67. The SMILES string of the molecule is CC(=O)OCC(=O)[C@@]1(O)CCC2C3CCC4=CC(=O)C=C[C@]4(C)[C@@]34O[C@H]4C[C@@]21C. The normalized spacial score (nSPS) is 49.3. The number of esters is 1. The average Bonchev–Trinajstić information content (AvgIpc) is 3.32. The Bertz CT molecular complexity index is 888. The summed E-state index contributed by atoms with van der Waals surface area (Å²) in [4.78, 5) is 36.0. The molecule has 0 radical (unpaired) electrons. The summed E-state index contributed by atoms with van der Waals surface area (Å²) in [6.07, 6.45) is 8.86. The van der Waals surface area contributed by atoms with Crippen LogP contribution in [0.3, 0.4) is 0 Å². The van der Waals surface area contributed by atoms with Gasteiger partial charge >= 0.3 is 5.97 Å². The average molecular weight is 400 g/mol. The molecule has 1 heterocycles. The van der Waals surface area contributed by atoms with Gasteiger partial charge in [0.25, 0.3) is 0 Å². The highest BCUT2D eigenvalue weighted by Crippen LogP contribution is 2.75. The Hall–Kier alpha value is -1.79. The van der Waals surface area contributed by atoms with Gasteiger partial charge in [-0.1, -0.05) is 18.6 Å². The molecule has 4 aliphatic carbocycles. The highest BCUT2D eigenvalue weighted by molar-refractivity contribution is 6.01. The smallest absolute Gasteiger partial charge is 0.303 e. The lowest BCUT2D eigenvalue weighted by atomic mass is 9.47. The van der Waals surface area contributed by atoms with E-state index in [-0.39, 0.29) is 41.3 Å². The van der Waals surface area contributed by atoms with E-state index in [4.69, 9.17) is 9.47 Å². The zero-order valence-corrected chi connectivity index (χ0v) is 17.2. The number of rotatable bonds is 3. The van der Waals surface area contributed by atoms with Crippen LogP contribution < -0.4 is 0 Å². The molecule has 1 saturated heterocycles. The molecular weight excluding hydrogens is 372 g/mol. The van der Waals surface area contributed by atoms with Gasteiger partial charge in [-0.25, -0.2) is 0 Å². The van der Waals surface area contributed by atoms with Crippen LogP contribution in [0.15, 0.2) is 23.8 Å². The van der Waals surface area contributed by atoms with Crippen molar-refractivity contribution in [3.8, 4) is 0 Å². The van der Waals surface area contributed by atoms with E-state index < -0.39 is 22.8 Å². The maximum absolute atomic E-state index is 12.9. The summed E-state index contributed by atoms with van der Waals surface area (Å²) in [5.74, 6) is -0.514. The highest BCUT2D eigenvalue weighted by Gasteiger charge is 2.81. The molecule has 0 aromatic heterocycles. The number of ketones is 2. The number of carbonyl (C=O) groups is 3. The minimum atomic E-state index is -1.50. The largest absolute Gasteiger partial charge is 0.458 e. The van der Waals surface area contributed by atoms with Crippen molar-refractivity contribution in [1.29, 1.82) is 0 Å². The molecule has 2 unspecified atom stereocenters. The first-order chi connectivity index (χ1) is 13.6. The van der Waals surface area contributed by atoms with Gasteiger partial charge in [-0.2, -0.15) is 0 Å². The fourth-order valence-corrected chi connectivity index (χ4v) is 7.40. The molecule has 29 heavy (non-hydrogen) atoms. The van der Waals surface area contributed by atoms with Crippen molar-refractivity contribution in [3.63, 3.8) is 0 Å². The molecule has 1 spiro atoms. The van der Waals surface area contributed by atoms with Crippen molar-refractivity contribution >= 4 is 17.5 Å². The van der Waals surface area contributed by atoms with E-state index >= 15 is 0 Å². The number of epoxide rings is 1. The van der Waals surface area contributed by atoms with Gasteiger partial charge in [-0.3, -0.25) is 14.4 Å². The Balaban J connectivity index is 1.49. The highest BCUT2D eigenvalue weighted by atomic mass is 16.6. The van der Waals surface area contributed by atoms with Crippen LogP contribution in [0.25, 0.3) is 0 Å². The van der Waals surface area contributed by atoms with Gasteiger partial charge in [0.2, 0.25) is 5.78 Å². The molecule has 156 valence electrons. The lowest BCUT2D eigenvalue weighted by Crippen LogP contribution is -2.61. The van der Waals surface area contributed by atoms with Gasteiger partial charge < -0.3 is 14.6 Å². The van der Waals surface area contributed by atoms with E-state index in [9.17, 15) is 19.5 Å². The lowest BCUT2D eigenvalue weighted by molar-refractivity contribution is -0.165. The molecule has 0 bridgehead atoms. The fraction of sp³-hybridized carbons (Fsp3) is 0.696. The Morgan fingerprint density at radius 1 is 1.28 bits per heavy atom. The third kappa shape index (κ3) is 2.17. The van der Waals surface area contributed by atoms with Crippen molar-refractivity contribution in [2.75, 3.05) is 6.61 Å². The van der Waals surface area contributed by atoms with Crippen LogP contribution in [0.1, 0.15) is 52.9 Å². The summed E-state index contributed by atoms with van der Waals surface area (Å²) in [6.45, 7) is 5.06. The molecule has 3 saturated carbocycles. The number of hydrogen-bond donors (Lipinski definition) is 1. The van der Waals surface area contributed by atoms with Gasteiger partial charge in [0, 0.05) is 17.8 Å². The van der Waals surface area contributed by atoms with Crippen molar-refractivity contribution < 1.29 is 29.0 Å². The van der Waals surface area contributed by atoms with Crippen LogP contribution in [-0.4, -0.2) is 46.6 Å². The molecule has 7 atom stereocenters. The standard InChI is InChI=1S/C23H28O6/c1-13(24)28-12-18(26)22(27)9-7-16-17-5-4-14-10-15(25)6-8-20(14,2)23(17)19(29-23)11-21(16,22)3/h6,8,10,16-17,19,27H,4-5,7,9,11-12H2,1-3H3/t16?,17?,19-,20-,21-,22-,23+/m0/s1. The Kier molecular flexibility index (Phi) is 3.75. The van der Waals surface area contributed by atoms with Gasteiger partial charge in [-0.05, 0) is 63.0 Å². The molecule has 6 heteroatoms. The number of Topliss-reactive ketones (excluding diaryl/α,β-unsaturated/α-hetero) is 1. The van der Waals surface area contributed by atoms with Crippen LogP contribution in [0.2, 0.25) is 0 Å². The molecule has 5 aliphatic rings. The van der Waals surface area contributed by atoms with Crippen molar-refractivity contribution in [2.24, 2.45) is 22.7 Å². The Morgan fingerprint density at radius 2 is 2.03 bits per heavy atom. The topological polar surface area (TPSA) is 93.2 Å². The Morgan fingerprint density at radius 3 is 2.76 bits per heavy atom. The maximum Gasteiger partial charge on any atom is 0.303 e. The minimum absolute atomic E-state index is 0.0384. The molecule has 0 amide bonds. The van der Waals surface area contributed by atoms with Crippen molar-refractivity contribution in [2.45, 2.75) is 70.2 Å². The van der Waals surface area contributed by atoms with Crippen molar-refractivity contribution in [3.05, 3.63) is 23.8 Å². The first kappa shape index (κ1) is 19.2. The summed E-state index contributed by atoms with van der Waals surface area (Å²) < 4.78 is 11.4. The fourth-order valence-electron chi connectivity index (χ4n) is 7.40. The quantitative estimate of drug-likeness (QED) is 0.577. The van der Waals surface area contributed by atoms with Crippen LogP contribution >= 0.6 is 0 Å². The van der Waals surface area contributed by atoms with Gasteiger partial charge in [0.15, 0.2) is 12.4 Å². The van der Waals surface area contributed by atoms with Gasteiger partial charge in [0.05, 0.1) is 6.10 Å². The third-order valence-corrected chi connectivity index (χ3v) is 8.95. The summed E-state index contributed by atoms with van der Waals surface area (Å²) in [5, 5.41) is 11.5. The number of fused-ring (bicyclic) bond motifs is 3. The number of allylic oxidation sites excluding steroid dienone is 2. The van der Waals surface area contributed by atoms with E-state index in [1.807, 2.05) is 13.0 Å². The number of carbonyl (C=O) groups excluding carboxylic acids is 3. The van der Waals surface area contributed by atoms with E-state index in [1.54, 1.807) is 12.2 Å². The first-order valence-corrected chi connectivity index (χ1v) is 10.6. The summed E-state index contributed by atoms with van der Waals surface area (Å²) in [5.41, 5.74) is -1.61. The molecule has 5 rings (SSSR count). The summed E-state index contributed by atoms with van der Waals surface area (Å²) >= 11 is 0. The van der Waals surface area contributed by atoms with Crippen LogP contribution in [0.4, 0.5) is 0 Å². The van der Waals surface area contributed by atoms with E-state index in [2.05, 4.69) is 6.92 Å². The molecule has 1 aliphatic heterocycles. The summed E-state index contributed by atoms with van der Waals surface area (Å²) in [7, 11) is 0. The van der Waals surface area contributed by atoms with Crippen LogP contribution in [-0.2, 0) is 23.9 Å². The predicted octanol–water partition coefficient (Wildman–Crippen LogP) is 2.29. The summed E-state index contributed by atoms with van der Waals surface area (Å²) in [6, 6.07) is 0. The molecule has 0 aromatic rings. The zero-order valence-electron chi connectivity index (χ0n) is 17.2. The van der Waals surface area contributed by atoms with E-state index in [1.165, 1.54) is 6.92 Å². The van der Waals surface area contributed by atoms with E-state index in [0.29, 0.717) is 12.8 Å². The number of ether oxygens (including phenoxy) is 2. The lowest BCUT2D eigenvalue weighted by Gasteiger charge is -2.55. The van der Waals surface area contributed by atoms with E-state index in [0.717, 1.165) is 24.8 Å². The van der Waals surface area contributed by atoms with Crippen LogP contribution in [0.5, 0.6) is 0 Å². The molecule has 4 fully saturated rings. The zero-order chi connectivity index (χ0) is 20.8.